The van der Waals surface area contributed by atoms with Crippen LogP contribution >= 0.6 is 0 Å². The van der Waals surface area contributed by atoms with Gasteiger partial charge in [-0.25, -0.2) is 4.39 Å². The molecule has 2 fully saturated rings. The molecule has 7 nitrogen and oxygen atoms in total. The molecule has 0 bridgehead atoms. The summed E-state index contributed by atoms with van der Waals surface area (Å²) in [5.41, 5.74) is 4.60. The number of likely N-dealkylation sites (tertiary alicyclic amines) is 1. The summed E-state index contributed by atoms with van der Waals surface area (Å²) >= 11 is 0. The van der Waals surface area contributed by atoms with E-state index in [0.29, 0.717) is 43.8 Å². The van der Waals surface area contributed by atoms with Crippen LogP contribution in [-0.2, 0) is 9.53 Å². The van der Waals surface area contributed by atoms with Crippen molar-refractivity contribution in [2.45, 2.75) is 18.9 Å². The van der Waals surface area contributed by atoms with Crippen LogP contribution in [0, 0.1) is 5.82 Å². The van der Waals surface area contributed by atoms with Crippen LogP contribution in [-0.4, -0.2) is 81.8 Å². The van der Waals surface area contributed by atoms with E-state index in [2.05, 4.69) is 45.4 Å². The van der Waals surface area contributed by atoms with Gasteiger partial charge in [0.1, 0.15) is 11.6 Å². The number of nitrogens with one attached hydrogen (secondary N) is 1. The second-order valence-electron chi connectivity index (χ2n) is 9.84. The van der Waals surface area contributed by atoms with Crippen molar-refractivity contribution in [2.75, 3.05) is 70.3 Å². The fraction of sp³-hybridized carbons (Fsp3) is 0.414. The molecule has 2 saturated heterocycles. The molecule has 2 aromatic carbocycles. The number of morpholine rings is 1. The van der Waals surface area contributed by atoms with Crippen LogP contribution in [0.5, 0.6) is 5.75 Å². The van der Waals surface area contributed by atoms with E-state index in [1.165, 1.54) is 24.1 Å². The zero-order chi connectivity index (χ0) is 25.8. The lowest BCUT2D eigenvalue weighted by Crippen LogP contribution is -2.41. The number of benzene rings is 2. The Morgan fingerprint density at radius 2 is 1.95 bits per heavy atom. The molecule has 3 aliphatic rings. The number of rotatable bonds is 7. The summed E-state index contributed by atoms with van der Waals surface area (Å²) in [5, 5.41) is 3.07. The van der Waals surface area contributed by atoms with Crippen LogP contribution in [0.2, 0.25) is 0 Å². The van der Waals surface area contributed by atoms with E-state index in [1.54, 1.807) is 19.2 Å². The molecule has 8 heteroatoms. The minimum absolute atomic E-state index is 0.0944. The van der Waals surface area contributed by atoms with Gasteiger partial charge in [-0.15, -0.1) is 0 Å². The first-order valence-corrected chi connectivity index (χ1v) is 12.9. The fourth-order valence-electron chi connectivity index (χ4n) is 5.36. The highest BCUT2D eigenvalue weighted by atomic mass is 19.1. The number of carbonyl (C=O) groups is 1. The van der Waals surface area contributed by atoms with Crippen molar-refractivity contribution in [3.63, 3.8) is 0 Å². The Balaban J connectivity index is 1.50. The molecule has 3 heterocycles. The lowest BCUT2D eigenvalue weighted by atomic mass is 9.99. The third-order valence-electron chi connectivity index (χ3n) is 7.35. The van der Waals surface area contributed by atoms with E-state index >= 15 is 0 Å². The van der Waals surface area contributed by atoms with Gasteiger partial charge < -0.3 is 19.7 Å². The van der Waals surface area contributed by atoms with Crippen LogP contribution in [0.4, 0.5) is 15.8 Å². The quantitative estimate of drug-likeness (QED) is 0.610. The number of amides is 1. The van der Waals surface area contributed by atoms with E-state index in [4.69, 9.17) is 9.47 Å². The molecule has 196 valence electrons. The van der Waals surface area contributed by atoms with Crippen molar-refractivity contribution in [1.82, 2.24) is 9.80 Å². The highest BCUT2D eigenvalue weighted by molar-refractivity contribution is 5.96. The predicted octanol–water partition coefficient (Wildman–Crippen LogP) is 4.13. The van der Waals surface area contributed by atoms with Crippen LogP contribution < -0.4 is 15.0 Å². The van der Waals surface area contributed by atoms with Crippen molar-refractivity contribution < 1.29 is 18.7 Å². The normalized spacial score (nSPS) is 20.7. The summed E-state index contributed by atoms with van der Waals surface area (Å²) in [6.45, 7) is 4.85. The number of halogens is 1. The number of hydrogen-bond donors (Lipinski definition) is 1. The maximum atomic E-state index is 13.7. The highest BCUT2D eigenvalue weighted by Gasteiger charge is 2.26. The summed E-state index contributed by atoms with van der Waals surface area (Å²) in [4.78, 5) is 19.6. The van der Waals surface area contributed by atoms with Gasteiger partial charge in [0.05, 0.1) is 38.2 Å². The number of carbonyl (C=O) groups excluding carboxylic acids is 1. The van der Waals surface area contributed by atoms with Gasteiger partial charge in [-0.3, -0.25) is 14.6 Å². The molecule has 0 aromatic heterocycles. The molecule has 0 spiro atoms. The fourth-order valence-corrected chi connectivity index (χ4v) is 5.36. The molecule has 1 N–H and O–H groups in total. The number of ether oxygens (including phenoxy) is 2. The Bertz CT molecular complexity index is 1170. The van der Waals surface area contributed by atoms with E-state index in [9.17, 15) is 9.18 Å². The van der Waals surface area contributed by atoms with Crippen LogP contribution in [0.15, 0.2) is 60.3 Å². The first-order valence-electron chi connectivity index (χ1n) is 12.9. The van der Waals surface area contributed by atoms with Crippen LogP contribution in [0.25, 0.3) is 11.1 Å². The van der Waals surface area contributed by atoms with Crippen molar-refractivity contribution in [3.05, 3.63) is 66.1 Å². The van der Waals surface area contributed by atoms with Crippen molar-refractivity contribution >= 4 is 17.3 Å². The second kappa shape index (κ2) is 11.5. The van der Waals surface area contributed by atoms with Gasteiger partial charge in [0.15, 0.2) is 0 Å². The zero-order valence-electron chi connectivity index (χ0n) is 21.6. The molecule has 1 unspecified atom stereocenters. The molecule has 0 aliphatic carbocycles. The largest absolute Gasteiger partial charge is 0.495 e. The van der Waals surface area contributed by atoms with Gasteiger partial charge >= 0.3 is 0 Å². The molecule has 2 aromatic rings. The summed E-state index contributed by atoms with van der Waals surface area (Å²) < 4.78 is 24.8. The van der Waals surface area contributed by atoms with E-state index in [0.717, 1.165) is 42.9 Å². The van der Waals surface area contributed by atoms with Crippen molar-refractivity contribution in [1.29, 1.82) is 0 Å². The average Bonchev–Trinajstić information content (AvgIpc) is 3.35. The molecule has 3 aliphatic heterocycles. The second-order valence-corrected chi connectivity index (χ2v) is 9.84. The van der Waals surface area contributed by atoms with Gasteiger partial charge in [0, 0.05) is 37.4 Å². The topological polar surface area (TPSA) is 57.3 Å². The first kappa shape index (κ1) is 25.4. The predicted molar refractivity (Wildman–Crippen MR) is 144 cm³/mol. The third-order valence-corrected chi connectivity index (χ3v) is 7.35. The monoisotopic (exact) mass is 506 g/mol. The maximum Gasteiger partial charge on any atom is 0.238 e. The number of hydrogen-bond acceptors (Lipinski definition) is 6. The van der Waals surface area contributed by atoms with Gasteiger partial charge in [0.25, 0.3) is 0 Å². The SMILES string of the molecule is COc1cc(-c2ccc(F)cc2)c(N2C=C(C3CCCN3C)C=CC2)cc1NC(=O)CN1CCOCC1. The zero-order valence-corrected chi connectivity index (χ0v) is 21.6. The summed E-state index contributed by atoms with van der Waals surface area (Å²) in [6, 6.07) is 10.8. The maximum absolute atomic E-state index is 13.7. The standard InChI is InChI=1S/C29H35FN4O3/c1-32-11-4-6-26(32)22-5-3-12-34(19-22)27-18-25(31-29(35)20-33-13-15-37-16-14-33)28(36-2)17-24(27)21-7-9-23(30)10-8-21/h3,5,7-10,17-19,26H,4,6,11-16,20H2,1-2H3,(H,31,35). The first-order chi connectivity index (χ1) is 18.0. The number of nitrogens with zero attached hydrogens (tertiary/aromatic N) is 3. The molecule has 0 radical (unpaired) electrons. The number of methoxy groups -OCH3 is 1. The lowest BCUT2D eigenvalue weighted by Gasteiger charge is -2.30. The Morgan fingerprint density at radius 1 is 1.16 bits per heavy atom. The molecule has 5 rings (SSSR count). The molecular weight excluding hydrogens is 471 g/mol. The van der Waals surface area contributed by atoms with Gasteiger partial charge in [-0.2, -0.15) is 0 Å². The Kier molecular flexibility index (Phi) is 7.88. The van der Waals surface area contributed by atoms with E-state index < -0.39 is 0 Å². The van der Waals surface area contributed by atoms with Crippen molar-refractivity contribution in [2.24, 2.45) is 0 Å². The average molecular weight is 507 g/mol. The molecule has 37 heavy (non-hydrogen) atoms. The van der Waals surface area contributed by atoms with Gasteiger partial charge in [-0.05, 0) is 61.8 Å². The van der Waals surface area contributed by atoms with Crippen LogP contribution in [0.3, 0.4) is 0 Å². The Morgan fingerprint density at radius 3 is 2.65 bits per heavy atom. The Labute approximate surface area is 218 Å². The van der Waals surface area contributed by atoms with Gasteiger partial charge in [-0.1, -0.05) is 24.3 Å². The minimum atomic E-state index is -0.281. The van der Waals surface area contributed by atoms with E-state index in [1.807, 2.05) is 12.1 Å². The highest BCUT2D eigenvalue weighted by Crippen LogP contribution is 2.41. The molecule has 1 amide bonds. The number of likely N-dealkylation sites (N-methyl/N-ethyl adjacent to an activating group) is 1. The van der Waals surface area contributed by atoms with Gasteiger partial charge in [0.2, 0.25) is 5.91 Å². The summed E-state index contributed by atoms with van der Waals surface area (Å²) in [7, 11) is 3.77. The van der Waals surface area contributed by atoms with Crippen molar-refractivity contribution in [3.8, 4) is 16.9 Å². The lowest BCUT2D eigenvalue weighted by molar-refractivity contribution is -0.118. The van der Waals surface area contributed by atoms with E-state index in [-0.39, 0.29) is 11.7 Å². The molecular formula is C29H35FN4O3. The van der Waals surface area contributed by atoms with Crippen LogP contribution in [0.1, 0.15) is 12.8 Å². The summed E-state index contributed by atoms with van der Waals surface area (Å²) in [5.74, 6) is 0.185. The smallest absolute Gasteiger partial charge is 0.238 e. The third kappa shape index (κ3) is 5.87. The molecule has 0 saturated carbocycles. The Hall–Kier alpha value is -3.20. The summed E-state index contributed by atoms with van der Waals surface area (Å²) in [6.07, 6.45) is 8.93. The molecule has 1 atom stereocenters. The minimum Gasteiger partial charge on any atom is -0.495 e. The number of anilines is 2.